The number of carbonyl (C=O) groups excluding carboxylic acids is 1. The Morgan fingerprint density at radius 3 is 2.67 bits per heavy atom. The fourth-order valence-corrected chi connectivity index (χ4v) is 2.09. The number of hydrogen-bond donors (Lipinski definition) is 2. The van der Waals surface area contributed by atoms with Crippen molar-refractivity contribution in [2.24, 2.45) is 5.92 Å². The molecule has 1 aliphatic rings. The number of carboxylic acid groups (broad SMARTS) is 1. The maximum Gasteiger partial charge on any atom is 0.313 e. The van der Waals surface area contributed by atoms with Gasteiger partial charge in [0.05, 0.1) is 5.54 Å². The van der Waals surface area contributed by atoms with E-state index in [0.717, 1.165) is 19.3 Å². The molecule has 1 rings (SSSR count). The molecule has 100 valence electrons. The predicted molar refractivity (Wildman–Crippen MR) is 70.1 cm³/mol. The molecule has 18 heavy (non-hydrogen) atoms. The second-order valence-corrected chi connectivity index (χ2v) is 4.85. The fraction of sp³-hybridized carbons (Fsp3) is 0.571. The molecule has 2 N–H and O–H groups in total. The van der Waals surface area contributed by atoms with Crippen LogP contribution in [0.5, 0.6) is 0 Å². The standard InChI is InChI=1S/C14H21NO3/c1-3-4-5-9-12(16)15-14(2)10-7-6-8-11(14)13(17)18/h6-8,10-11H,3-5,9H2,1-2H3,(H,15,16)(H,17,18). The van der Waals surface area contributed by atoms with E-state index < -0.39 is 17.4 Å². The van der Waals surface area contributed by atoms with Crippen molar-refractivity contribution in [1.82, 2.24) is 5.32 Å². The van der Waals surface area contributed by atoms with E-state index in [9.17, 15) is 9.59 Å². The molecule has 1 amide bonds. The summed E-state index contributed by atoms with van der Waals surface area (Å²) in [6.45, 7) is 3.82. The third-order valence-corrected chi connectivity index (χ3v) is 3.19. The van der Waals surface area contributed by atoms with Crippen molar-refractivity contribution in [1.29, 1.82) is 0 Å². The number of rotatable bonds is 6. The van der Waals surface area contributed by atoms with Crippen LogP contribution >= 0.6 is 0 Å². The van der Waals surface area contributed by atoms with Crippen LogP contribution in [0.2, 0.25) is 0 Å². The van der Waals surface area contributed by atoms with E-state index in [1.54, 1.807) is 31.2 Å². The number of carboxylic acids is 1. The highest BCUT2D eigenvalue weighted by Gasteiger charge is 2.37. The minimum Gasteiger partial charge on any atom is -0.481 e. The van der Waals surface area contributed by atoms with Crippen molar-refractivity contribution in [3.63, 3.8) is 0 Å². The number of unbranched alkanes of at least 4 members (excludes halogenated alkanes) is 2. The van der Waals surface area contributed by atoms with Gasteiger partial charge in [0.1, 0.15) is 5.92 Å². The van der Waals surface area contributed by atoms with Crippen molar-refractivity contribution in [2.75, 3.05) is 0 Å². The average molecular weight is 251 g/mol. The third kappa shape index (κ3) is 3.72. The Kier molecular flexibility index (Phi) is 5.13. The first-order valence-electron chi connectivity index (χ1n) is 6.39. The van der Waals surface area contributed by atoms with Gasteiger partial charge in [-0.2, -0.15) is 0 Å². The Labute approximate surface area is 108 Å². The van der Waals surface area contributed by atoms with Gasteiger partial charge in [-0.25, -0.2) is 0 Å². The van der Waals surface area contributed by atoms with Crippen LogP contribution in [0.3, 0.4) is 0 Å². The van der Waals surface area contributed by atoms with Crippen molar-refractivity contribution in [3.8, 4) is 0 Å². The first-order valence-corrected chi connectivity index (χ1v) is 6.39. The van der Waals surface area contributed by atoms with E-state index in [-0.39, 0.29) is 5.91 Å². The Balaban J connectivity index is 2.62. The molecule has 1 aliphatic carbocycles. The van der Waals surface area contributed by atoms with Crippen LogP contribution in [0.25, 0.3) is 0 Å². The summed E-state index contributed by atoms with van der Waals surface area (Å²) in [5, 5.41) is 12.0. The lowest BCUT2D eigenvalue weighted by molar-refractivity contribution is -0.142. The molecule has 0 saturated heterocycles. The Hall–Kier alpha value is -1.58. The summed E-state index contributed by atoms with van der Waals surface area (Å²) < 4.78 is 0. The van der Waals surface area contributed by atoms with Crippen molar-refractivity contribution < 1.29 is 14.7 Å². The first-order chi connectivity index (χ1) is 8.49. The molecule has 2 unspecified atom stereocenters. The second kappa shape index (κ2) is 6.38. The molecular weight excluding hydrogens is 230 g/mol. The molecule has 0 fully saturated rings. The SMILES string of the molecule is CCCCCC(=O)NC1(C)C=CC=CC1C(=O)O. The smallest absolute Gasteiger partial charge is 0.313 e. The minimum atomic E-state index is -0.924. The molecule has 0 aromatic rings. The highest BCUT2D eigenvalue weighted by atomic mass is 16.4. The highest BCUT2D eigenvalue weighted by molar-refractivity contribution is 5.81. The lowest BCUT2D eigenvalue weighted by atomic mass is 9.82. The van der Waals surface area contributed by atoms with Gasteiger partial charge in [0.2, 0.25) is 5.91 Å². The third-order valence-electron chi connectivity index (χ3n) is 3.19. The summed E-state index contributed by atoms with van der Waals surface area (Å²) >= 11 is 0. The van der Waals surface area contributed by atoms with Crippen molar-refractivity contribution in [2.45, 2.75) is 45.1 Å². The number of aliphatic carboxylic acids is 1. The van der Waals surface area contributed by atoms with Gasteiger partial charge in [0, 0.05) is 6.42 Å². The monoisotopic (exact) mass is 251 g/mol. The Bertz CT molecular complexity index is 373. The van der Waals surface area contributed by atoms with Gasteiger partial charge in [-0.05, 0) is 13.3 Å². The van der Waals surface area contributed by atoms with E-state index in [1.165, 1.54) is 0 Å². The van der Waals surface area contributed by atoms with Crippen LogP contribution in [-0.4, -0.2) is 22.5 Å². The maximum atomic E-state index is 11.8. The lowest BCUT2D eigenvalue weighted by Gasteiger charge is -2.33. The van der Waals surface area contributed by atoms with Crippen LogP contribution < -0.4 is 5.32 Å². The van der Waals surface area contributed by atoms with Gasteiger partial charge in [0.15, 0.2) is 0 Å². The van der Waals surface area contributed by atoms with Crippen molar-refractivity contribution >= 4 is 11.9 Å². The fourth-order valence-electron chi connectivity index (χ4n) is 2.09. The number of hydrogen-bond acceptors (Lipinski definition) is 2. The van der Waals surface area contributed by atoms with Gasteiger partial charge >= 0.3 is 5.97 Å². The Morgan fingerprint density at radius 2 is 2.06 bits per heavy atom. The van der Waals surface area contributed by atoms with E-state index in [4.69, 9.17) is 5.11 Å². The van der Waals surface area contributed by atoms with E-state index >= 15 is 0 Å². The van der Waals surface area contributed by atoms with Gasteiger partial charge in [-0.1, -0.05) is 44.1 Å². The minimum absolute atomic E-state index is 0.0860. The predicted octanol–water partition coefficient (Wildman–Crippen LogP) is 2.27. The number of allylic oxidation sites excluding steroid dienone is 2. The van der Waals surface area contributed by atoms with Crippen LogP contribution in [0, 0.1) is 5.92 Å². The topological polar surface area (TPSA) is 66.4 Å². The molecule has 0 radical (unpaired) electrons. The van der Waals surface area contributed by atoms with Crippen LogP contribution in [-0.2, 0) is 9.59 Å². The van der Waals surface area contributed by atoms with E-state index in [0.29, 0.717) is 6.42 Å². The van der Waals surface area contributed by atoms with Gasteiger partial charge < -0.3 is 10.4 Å². The summed E-state index contributed by atoms with van der Waals surface area (Å²) in [6.07, 6.45) is 10.2. The van der Waals surface area contributed by atoms with E-state index in [1.807, 2.05) is 0 Å². The van der Waals surface area contributed by atoms with Gasteiger partial charge in [-0.15, -0.1) is 0 Å². The Morgan fingerprint density at radius 1 is 1.33 bits per heavy atom. The van der Waals surface area contributed by atoms with Gasteiger partial charge in [0.25, 0.3) is 0 Å². The van der Waals surface area contributed by atoms with E-state index in [2.05, 4.69) is 12.2 Å². The number of amides is 1. The number of carbonyl (C=O) groups is 2. The summed E-state index contributed by atoms with van der Waals surface area (Å²) in [5.41, 5.74) is -0.829. The van der Waals surface area contributed by atoms with Crippen LogP contribution in [0.4, 0.5) is 0 Å². The summed E-state index contributed by atoms with van der Waals surface area (Å²) in [7, 11) is 0. The summed E-state index contributed by atoms with van der Waals surface area (Å²) in [4.78, 5) is 23.0. The molecule has 0 bridgehead atoms. The molecular formula is C14H21NO3. The number of nitrogens with one attached hydrogen (secondary N) is 1. The zero-order chi connectivity index (χ0) is 13.6. The van der Waals surface area contributed by atoms with Crippen molar-refractivity contribution in [3.05, 3.63) is 24.3 Å². The molecule has 2 atom stereocenters. The molecule has 0 aliphatic heterocycles. The largest absolute Gasteiger partial charge is 0.481 e. The summed E-state index contributed by atoms with van der Waals surface area (Å²) in [5.74, 6) is -1.72. The molecule has 0 saturated carbocycles. The molecule has 0 spiro atoms. The second-order valence-electron chi connectivity index (χ2n) is 4.85. The van der Waals surface area contributed by atoms with Gasteiger partial charge in [-0.3, -0.25) is 9.59 Å². The molecule has 4 heteroatoms. The normalized spacial score (nSPS) is 26.0. The average Bonchev–Trinajstić information content (AvgIpc) is 2.28. The van der Waals surface area contributed by atoms with Crippen LogP contribution in [0.1, 0.15) is 39.5 Å². The quantitative estimate of drug-likeness (QED) is 0.712. The summed E-state index contributed by atoms with van der Waals surface area (Å²) in [6, 6.07) is 0. The molecule has 0 heterocycles. The zero-order valence-electron chi connectivity index (χ0n) is 11.0. The van der Waals surface area contributed by atoms with Crippen LogP contribution in [0.15, 0.2) is 24.3 Å². The first kappa shape index (κ1) is 14.5. The lowest BCUT2D eigenvalue weighted by Crippen LogP contribution is -2.52. The molecule has 4 nitrogen and oxygen atoms in total. The molecule has 0 aromatic carbocycles. The maximum absolute atomic E-state index is 11.8. The highest BCUT2D eigenvalue weighted by Crippen LogP contribution is 2.24. The molecule has 0 aromatic heterocycles. The zero-order valence-corrected chi connectivity index (χ0v) is 11.0.